The van der Waals surface area contributed by atoms with Crippen LogP contribution in [0.1, 0.15) is 76.7 Å². The number of fused-ring (bicyclic) bond motifs is 5. The van der Waals surface area contributed by atoms with Gasteiger partial charge in [0, 0.05) is 17.2 Å². The van der Waals surface area contributed by atoms with E-state index < -0.39 is 5.60 Å². The van der Waals surface area contributed by atoms with Crippen LogP contribution in [0.2, 0.25) is 0 Å². The molecular weight excluding hydrogens is 350 g/mol. The smallest absolute Gasteiger partial charge is 0.335 e. The van der Waals surface area contributed by atoms with Gasteiger partial charge in [-0.15, -0.1) is 0 Å². The highest BCUT2D eigenvalue weighted by Crippen LogP contribution is 2.69. The number of nitrogens with one attached hydrogen (secondary N) is 1. The molecule has 4 aliphatic carbocycles. The monoisotopic (exact) mass is 381 g/mol. The van der Waals surface area contributed by atoms with E-state index in [9.17, 15) is 9.90 Å². The van der Waals surface area contributed by atoms with Crippen LogP contribution in [0.15, 0.2) is 39.3 Å². The highest BCUT2D eigenvalue weighted by molar-refractivity contribution is 5.94. The zero-order chi connectivity index (χ0) is 19.7. The van der Waals surface area contributed by atoms with Crippen molar-refractivity contribution < 1.29 is 9.52 Å². The fourth-order valence-corrected chi connectivity index (χ4v) is 7.66. The summed E-state index contributed by atoms with van der Waals surface area (Å²) in [7, 11) is 0. The van der Waals surface area contributed by atoms with Crippen LogP contribution in [0.3, 0.4) is 0 Å². The van der Waals surface area contributed by atoms with Crippen LogP contribution in [0.4, 0.5) is 0 Å². The predicted octanol–water partition coefficient (Wildman–Crippen LogP) is 4.82. The van der Waals surface area contributed by atoms with Crippen molar-refractivity contribution >= 4 is 5.71 Å². The maximum atomic E-state index is 12.2. The molecule has 0 aliphatic heterocycles. The fraction of sp³-hybridized carbons (Fsp3) is 0.667. The van der Waals surface area contributed by atoms with Crippen LogP contribution >= 0.6 is 0 Å². The van der Waals surface area contributed by atoms with Gasteiger partial charge in [-0.1, -0.05) is 19.4 Å². The molecule has 4 aliphatic rings. The molecule has 6 atom stereocenters. The lowest BCUT2D eigenvalue weighted by molar-refractivity contribution is -0.176. The number of hydrogen-bond donors (Lipinski definition) is 2. The van der Waals surface area contributed by atoms with E-state index in [2.05, 4.69) is 19.9 Å². The SMILES string of the molecule is CC12CCC(=N)C=C1CCC1C2CC[C@]2(C)[C@@H](c3ccc(=O)oc3)CC[C@]12O. The Kier molecular flexibility index (Phi) is 3.88. The van der Waals surface area contributed by atoms with Crippen LogP contribution < -0.4 is 5.63 Å². The topological polar surface area (TPSA) is 74.3 Å². The molecule has 3 fully saturated rings. The summed E-state index contributed by atoms with van der Waals surface area (Å²) in [6.07, 6.45) is 11.7. The Hall–Kier alpha value is -1.68. The van der Waals surface area contributed by atoms with E-state index in [4.69, 9.17) is 9.83 Å². The van der Waals surface area contributed by atoms with Gasteiger partial charge in [-0.25, -0.2) is 4.79 Å². The van der Waals surface area contributed by atoms with Gasteiger partial charge in [0.15, 0.2) is 0 Å². The van der Waals surface area contributed by atoms with Crippen molar-refractivity contribution in [2.24, 2.45) is 22.7 Å². The van der Waals surface area contributed by atoms with Crippen LogP contribution in [-0.2, 0) is 0 Å². The normalized spacial score (nSPS) is 45.0. The average molecular weight is 382 g/mol. The summed E-state index contributed by atoms with van der Waals surface area (Å²) in [5, 5.41) is 20.3. The molecule has 1 heterocycles. The predicted molar refractivity (Wildman–Crippen MR) is 109 cm³/mol. The number of rotatable bonds is 1. The molecule has 28 heavy (non-hydrogen) atoms. The van der Waals surface area contributed by atoms with Crippen LogP contribution in [0, 0.1) is 28.1 Å². The lowest BCUT2D eigenvalue weighted by atomic mass is 9.45. The molecule has 4 heteroatoms. The second-order valence-corrected chi connectivity index (χ2v) is 10.2. The third-order valence-electron chi connectivity index (χ3n) is 9.31. The Morgan fingerprint density at radius 1 is 1.07 bits per heavy atom. The van der Waals surface area contributed by atoms with Gasteiger partial charge in [0.2, 0.25) is 0 Å². The molecular formula is C24H31NO3. The average Bonchev–Trinajstić information content (AvgIpc) is 2.95. The number of allylic oxidation sites excluding steroid dienone is 2. The molecule has 1 aromatic heterocycles. The molecule has 0 aromatic carbocycles. The highest BCUT2D eigenvalue weighted by Gasteiger charge is 2.66. The second-order valence-electron chi connectivity index (χ2n) is 10.2. The first kappa shape index (κ1) is 18.4. The molecule has 0 bridgehead atoms. The Morgan fingerprint density at radius 2 is 1.89 bits per heavy atom. The summed E-state index contributed by atoms with van der Waals surface area (Å²) in [6, 6.07) is 3.41. The zero-order valence-corrected chi connectivity index (χ0v) is 17.0. The number of hydrogen-bond acceptors (Lipinski definition) is 4. The van der Waals surface area contributed by atoms with Gasteiger partial charge in [0.1, 0.15) is 0 Å². The Labute approximate surface area is 166 Å². The van der Waals surface area contributed by atoms with Crippen molar-refractivity contribution in [3.8, 4) is 0 Å². The van der Waals surface area contributed by atoms with Gasteiger partial charge in [0.05, 0.1) is 11.9 Å². The van der Waals surface area contributed by atoms with E-state index in [1.54, 1.807) is 6.26 Å². The maximum absolute atomic E-state index is 12.2. The first-order valence-electron chi connectivity index (χ1n) is 10.9. The van der Waals surface area contributed by atoms with Gasteiger partial charge >= 0.3 is 5.63 Å². The van der Waals surface area contributed by atoms with Gasteiger partial charge in [0.25, 0.3) is 0 Å². The lowest BCUT2D eigenvalue weighted by Gasteiger charge is -2.61. The quantitative estimate of drug-likeness (QED) is 0.732. The summed E-state index contributed by atoms with van der Waals surface area (Å²) in [6.45, 7) is 4.67. The molecule has 0 saturated heterocycles. The standard InChI is InChI=1S/C24H31NO3/c1-22-10-7-17(25)13-16(22)4-5-20-19(22)8-11-23(2)18(9-12-24(20,23)27)15-3-6-21(26)28-14-15/h3,6,13-14,18-20,25,27H,4-5,7-12H2,1-2H3/t18-,19?,20?,22?,23-,24+/m1/s1. The number of aliphatic hydroxyl groups is 1. The first-order chi connectivity index (χ1) is 13.3. The molecule has 1 aromatic rings. The van der Waals surface area contributed by atoms with E-state index in [0.29, 0.717) is 11.8 Å². The lowest BCUT2D eigenvalue weighted by Crippen LogP contribution is -2.60. The van der Waals surface area contributed by atoms with Gasteiger partial charge < -0.3 is 14.9 Å². The molecule has 4 nitrogen and oxygen atoms in total. The van der Waals surface area contributed by atoms with E-state index in [1.165, 1.54) is 11.6 Å². The van der Waals surface area contributed by atoms with Gasteiger partial charge in [-0.3, -0.25) is 0 Å². The zero-order valence-electron chi connectivity index (χ0n) is 17.0. The molecule has 0 amide bonds. The summed E-state index contributed by atoms with van der Waals surface area (Å²) < 4.78 is 5.17. The van der Waals surface area contributed by atoms with Crippen molar-refractivity contribution in [3.63, 3.8) is 0 Å². The third kappa shape index (κ3) is 2.27. The molecule has 2 N–H and O–H groups in total. The first-order valence-corrected chi connectivity index (χ1v) is 10.9. The van der Waals surface area contributed by atoms with E-state index in [0.717, 1.165) is 62.6 Å². The van der Waals surface area contributed by atoms with Crippen molar-refractivity contribution in [1.29, 1.82) is 5.41 Å². The Morgan fingerprint density at radius 3 is 2.64 bits per heavy atom. The largest absolute Gasteiger partial charge is 0.431 e. The van der Waals surface area contributed by atoms with Crippen molar-refractivity contribution in [3.05, 3.63) is 46.0 Å². The fourth-order valence-electron chi connectivity index (χ4n) is 7.66. The van der Waals surface area contributed by atoms with Crippen LogP contribution in [0.5, 0.6) is 0 Å². The minimum atomic E-state index is -0.657. The molecule has 3 unspecified atom stereocenters. The highest BCUT2D eigenvalue weighted by atomic mass is 16.4. The van der Waals surface area contributed by atoms with Crippen LogP contribution in [0.25, 0.3) is 0 Å². The van der Waals surface area contributed by atoms with Gasteiger partial charge in [-0.05, 0) is 92.2 Å². The van der Waals surface area contributed by atoms with E-state index in [-0.39, 0.29) is 22.4 Å². The summed E-state index contributed by atoms with van der Waals surface area (Å²) in [5.74, 6) is 1.07. The third-order valence-corrected chi connectivity index (χ3v) is 9.31. The molecule has 0 radical (unpaired) electrons. The minimum Gasteiger partial charge on any atom is -0.431 e. The van der Waals surface area contributed by atoms with Gasteiger partial charge in [-0.2, -0.15) is 0 Å². The van der Waals surface area contributed by atoms with E-state index >= 15 is 0 Å². The van der Waals surface area contributed by atoms with Crippen LogP contribution in [-0.4, -0.2) is 16.4 Å². The summed E-state index contributed by atoms with van der Waals surface area (Å²) in [5.41, 5.74) is 2.29. The minimum absolute atomic E-state index is 0.141. The Balaban J connectivity index is 1.52. The molecule has 150 valence electrons. The molecule has 0 spiro atoms. The Bertz CT molecular complexity index is 896. The second kappa shape index (κ2) is 5.91. The van der Waals surface area contributed by atoms with Crippen molar-refractivity contribution in [1.82, 2.24) is 0 Å². The van der Waals surface area contributed by atoms with Crippen molar-refractivity contribution in [2.75, 3.05) is 0 Å². The maximum Gasteiger partial charge on any atom is 0.335 e. The summed E-state index contributed by atoms with van der Waals surface area (Å²) >= 11 is 0. The molecule has 3 saturated carbocycles. The van der Waals surface area contributed by atoms with E-state index in [1.807, 2.05) is 6.07 Å². The van der Waals surface area contributed by atoms with Crippen molar-refractivity contribution in [2.45, 2.75) is 76.7 Å². The molecule has 5 rings (SSSR count). The summed E-state index contributed by atoms with van der Waals surface area (Å²) in [4.78, 5) is 11.4.